The van der Waals surface area contributed by atoms with Crippen molar-refractivity contribution in [3.63, 3.8) is 0 Å². The van der Waals surface area contributed by atoms with Crippen molar-refractivity contribution in [2.45, 2.75) is 16.7 Å². The van der Waals surface area contributed by atoms with Crippen molar-refractivity contribution in [1.29, 1.82) is 0 Å². The molecular formula is C20H16N4O2S3. The molecule has 2 aromatic carbocycles. The van der Waals surface area contributed by atoms with E-state index < -0.39 is 0 Å². The Kier molecular flexibility index (Phi) is 6.50. The molecule has 0 radical (unpaired) electrons. The molecule has 1 N–H and O–H groups in total. The van der Waals surface area contributed by atoms with Crippen LogP contribution in [0.1, 0.15) is 21.6 Å². The molecule has 2 aromatic heterocycles. The molecule has 146 valence electrons. The first-order chi connectivity index (χ1) is 14.3. The van der Waals surface area contributed by atoms with Gasteiger partial charge in [0, 0.05) is 16.7 Å². The van der Waals surface area contributed by atoms with Crippen molar-refractivity contribution in [1.82, 2.24) is 15.2 Å². The number of carbonyl (C=O) groups excluding carboxylic acids is 1. The Bertz CT molecular complexity index is 1050. The Morgan fingerprint density at radius 1 is 1.07 bits per heavy atom. The number of thioether (sulfide) groups is 1. The summed E-state index contributed by atoms with van der Waals surface area (Å²) in [6, 6.07) is 17.1. The Labute approximate surface area is 180 Å². The maximum Gasteiger partial charge on any atom is 0.257 e. The summed E-state index contributed by atoms with van der Waals surface area (Å²) in [7, 11) is 0. The number of aromatic nitrogens is 3. The lowest BCUT2D eigenvalue weighted by atomic mass is 10.2. The normalized spacial score (nSPS) is 10.6. The van der Waals surface area contributed by atoms with Gasteiger partial charge in [-0.3, -0.25) is 10.1 Å². The molecule has 0 saturated heterocycles. The van der Waals surface area contributed by atoms with Crippen LogP contribution in [0.2, 0.25) is 0 Å². The van der Waals surface area contributed by atoms with Gasteiger partial charge in [0.15, 0.2) is 4.34 Å². The molecule has 0 atom stereocenters. The number of anilines is 1. The number of carbonyl (C=O) groups is 1. The van der Waals surface area contributed by atoms with E-state index in [-0.39, 0.29) is 5.91 Å². The number of nitrogens with zero attached hydrogens (tertiary/aromatic N) is 3. The first-order valence-electron chi connectivity index (χ1n) is 8.68. The lowest BCUT2D eigenvalue weighted by Crippen LogP contribution is -2.11. The molecule has 9 heteroatoms. The van der Waals surface area contributed by atoms with E-state index >= 15 is 0 Å². The predicted octanol–water partition coefficient (Wildman–Crippen LogP) is 5.12. The van der Waals surface area contributed by atoms with E-state index in [1.54, 1.807) is 41.5 Å². The van der Waals surface area contributed by atoms with Crippen LogP contribution in [-0.2, 0) is 12.4 Å². The van der Waals surface area contributed by atoms with Crippen molar-refractivity contribution >= 4 is 45.5 Å². The van der Waals surface area contributed by atoms with Gasteiger partial charge >= 0.3 is 0 Å². The Morgan fingerprint density at radius 3 is 2.66 bits per heavy atom. The maximum absolute atomic E-state index is 12.4. The summed E-state index contributed by atoms with van der Waals surface area (Å²) in [5.41, 5.74) is 4.40. The van der Waals surface area contributed by atoms with Crippen molar-refractivity contribution in [2.75, 3.05) is 5.32 Å². The highest BCUT2D eigenvalue weighted by Crippen LogP contribution is 2.28. The average molecular weight is 441 g/mol. The second kappa shape index (κ2) is 9.64. The maximum atomic E-state index is 12.4. The number of benzene rings is 2. The molecule has 0 fully saturated rings. The van der Waals surface area contributed by atoms with E-state index in [1.165, 1.54) is 28.2 Å². The first kappa shape index (κ1) is 19.6. The minimum atomic E-state index is -0.230. The number of rotatable bonds is 8. The SMILES string of the molecule is O=C(Nc1nnc(SCc2ccccc2)s1)c1ccc(OCc2cscn2)cc1. The number of nitrogens with one attached hydrogen (secondary N) is 1. The van der Waals surface area contributed by atoms with Crippen LogP contribution in [-0.4, -0.2) is 21.1 Å². The standard InChI is InChI=1S/C20H16N4O2S3/c25-18(15-6-8-17(9-7-15)26-10-16-12-27-13-21-16)22-19-23-24-20(29-19)28-11-14-4-2-1-3-5-14/h1-9,12-13H,10-11H2,(H,22,23,25). The van der Waals surface area contributed by atoms with E-state index in [2.05, 4.69) is 32.6 Å². The van der Waals surface area contributed by atoms with Crippen molar-refractivity contribution in [2.24, 2.45) is 0 Å². The zero-order valence-corrected chi connectivity index (χ0v) is 17.6. The van der Waals surface area contributed by atoms with Gasteiger partial charge in [-0.1, -0.05) is 53.4 Å². The molecule has 0 bridgehead atoms. The van der Waals surface area contributed by atoms with E-state index in [0.717, 1.165) is 15.8 Å². The second-order valence-electron chi connectivity index (χ2n) is 5.89. The third kappa shape index (κ3) is 5.63. The summed E-state index contributed by atoms with van der Waals surface area (Å²) in [4.78, 5) is 16.6. The summed E-state index contributed by atoms with van der Waals surface area (Å²) in [5, 5.41) is 13.4. The van der Waals surface area contributed by atoms with Crippen LogP contribution < -0.4 is 10.1 Å². The van der Waals surface area contributed by atoms with Crippen molar-refractivity contribution in [3.8, 4) is 5.75 Å². The average Bonchev–Trinajstić information content (AvgIpc) is 3.44. The van der Waals surface area contributed by atoms with Crippen LogP contribution in [0.4, 0.5) is 5.13 Å². The highest BCUT2D eigenvalue weighted by molar-refractivity contribution is 8.00. The predicted molar refractivity (Wildman–Crippen MR) is 117 cm³/mol. The fraction of sp³-hybridized carbons (Fsp3) is 0.100. The third-order valence-corrected chi connectivity index (χ3v) is 6.50. The van der Waals surface area contributed by atoms with Gasteiger partial charge in [-0.15, -0.1) is 21.5 Å². The van der Waals surface area contributed by atoms with Crippen LogP contribution in [0.25, 0.3) is 0 Å². The number of amides is 1. The first-order valence-corrected chi connectivity index (χ1v) is 11.4. The van der Waals surface area contributed by atoms with Crippen LogP contribution >= 0.6 is 34.4 Å². The highest BCUT2D eigenvalue weighted by Gasteiger charge is 2.11. The summed E-state index contributed by atoms with van der Waals surface area (Å²) < 4.78 is 6.47. The van der Waals surface area contributed by atoms with Crippen LogP contribution in [0.5, 0.6) is 5.75 Å². The minimum Gasteiger partial charge on any atom is -0.487 e. The quantitative estimate of drug-likeness (QED) is 0.303. The molecule has 0 aliphatic heterocycles. The van der Waals surface area contributed by atoms with Gasteiger partial charge in [0.25, 0.3) is 5.91 Å². The third-order valence-electron chi connectivity index (χ3n) is 3.82. The fourth-order valence-electron chi connectivity index (χ4n) is 2.38. The second-order valence-corrected chi connectivity index (χ2v) is 8.81. The van der Waals surface area contributed by atoms with Crippen molar-refractivity contribution in [3.05, 3.63) is 82.3 Å². The summed E-state index contributed by atoms with van der Waals surface area (Å²) in [5.74, 6) is 1.27. The largest absolute Gasteiger partial charge is 0.487 e. The van der Waals surface area contributed by atoms with Crippen LogP contribution in [0.15, 0.2) is 69.8 Å². The minimum absolute atomic E-state index is 0.230. The molecule has 0 saturated carbocycles. The fourth-order valence-corrected chi connectivity index (χ4v) is 4.62. The summed E-state index contributed by atoms with van der Waals surface area (Å²) in [6.07, 6.45) is 0. The van der Waals surface area contributed by atoms with Crippen LogP contribution in [0, 0.1) is 0 Å². The number of hydrogen-bond donors (Lipinski definition) is 1. The lowest BCUT2D eigenvalue weighted by Gasteiger charge is -2.05. The van der Waals surface area contributed by atoms with Gasteiger partial charge < -0.3 is 4.74 Å². The molecular weight excluding hydrogens is 424 g/mol. The Morgan fingerprint density at radius 2 is 1.90 bits per heavy atom. The van der Waals surface area contributed by atoms with Gasteiger partial charge in [-0.2, -0.15) is 0 Å². The number of thiazole rings is 1. The molecule has 1 amide bonds. The summed E-state index contributed by atoms with van der Waals surface area (Å²) in [6.45, 7) is 0.406. The van der Waals surface area contributed by atoms with Crippen LogP contribution in [0.3, 0.4) is 0 Å². The van der Waals surface area contributed by atoms with Gasteiger partial charge in [-0.05, 0) is 29.8 Å². The monoisotopic (exact) mass is 440 g/mol. The molecule has 4 aromatic rings. The number of ether oxygens (including phenoxy) is 1. The molecule has 29 heavy (non-hydrogen) atoms. The summed E-state index contributed by atoms with van der Waals surface area (Å²) >= 11 is 4.49. The van der Waals surface area contributed by atoms with E-state index in [0.29, 0.717) is 23.1 Å². The Hall–Kier alpha value is -2.75. The van der Waals surface area contributed by atoms with E-state index in [9.17, 15) is 4.79 Å². The molecule has 0 unspecified atom stereocenters. The molecule has 0 aliphatic carbocycles. The smallest absolute Gasteiger partial charge is 0.257 e. The topological polar surface area (TPSA) is 77.0 Å². The van der Waals surface area contributed by atoms with E-state index in [1.807, 2.05) is 23.6 Å². The van der Waals surface area contributed by atoms with Gasteiger partial charge in [-0.25, -0.2) is 4.98 Å². The Balaban J connectivity index is 1.29. The van der Waals surface area contributed by atoms with Gasteiger partial charge in [0.2, 0.25) is 5.13 Å². The molecule has 6 nitrogen and oxygen atoms in total. The van der Waals surface area contributed by atoms with Crippen molar-refractivity contribution < 1.29 is 9.53 Å². The molecule has 4 rings (SSSR count). The van der Waals surface area contributed by atoms with Gasteiger partial charge in [0.1, 0.15) is 12.4 Å². The van der Waals surface area contributed by atoms with E-state index in [4.69, 9.17) is 4.74 Å². The van der Waals surface area contributed by atoms with Gasteiger partial charge in [0.05, 0.1) is 11.2 Å². The molecule has 0 spiro atoms. The molecule has 0 aliphatic rings. The zero-order valence-electron chi connectivity index (χ0n) is 15.1. The number of hydrogen-bond acceptors (Lipinski definition) is 8. The lowest BCUT2D eigenvalue weighted by molar-refractivity contribution is 0.102. The zero-order chi connectivity index (χ0) is 19.9. The molecule has 2 heterocycles. The highest BCUT2D eigenvalue weighted by atomic mass is 32.2.